The minimum absolute atomic E-state index is 0.340. The second kappa shape index (κ2) is 6.75. The van der Waals surface area contributed by atoms with Crippen LogP contribution in [0.1, 0.15) is 48.8 Å². The van der Waals surface area contributed by atoms with Crippen LogP contribution >= 0.6 is 11.6 Å². The first-order valence-corrected chi connectivity index (χ1v) is 11.9. The third kappa shape index (κ3) is 2.92. The fourth-order valence-electron chi connectivity index (χ4n) is 6.02. The van der Waals surface area contributed by atoms with Crippen LogP contribution < -0.4 is 4.90 Å². The van der Waals surface area contributed by atoms with Gasteiger partial charge in [0.15, 0.2) is 5.82 Å². The Labute approximate surface area is 196 Å². The lowest BCUT2D eigenvalue weighted by atomic mass is 9.57. The number of benzene rings is 1. The van der Waals surface area contributed by atoms with Crippen LogP contribution in [-0.4, -0.2) is 48.3 Å². The molecule has 4 heterocycles. The van der Waals surface area contributed by atoms with Gasteiger partial charge >= 0.3 is 0 Å². The predicted octanol–water partition coefficient (Wildman–Crippen LogP) is 3.47. The molecule has 3 fully saturated rings. The largest absolute Gasteiger partial charge is 0.354 e. The molecule has 2 aromatic heterocycles. The highest BCUT2D eigenvalue weighted by molar-refractivity contribution is 6.30. The summed E-state index contributed by atoms with van der Waals surface area (Å²) in [7, 11) is 0. The van der Waals surface area contributed by atoms with Gasteiger partial charge in [0.25, 0.3) is 0 Å². The molecule has 1 aromatic carbocycles. The van der Waals surface area contributed by atoms with Crippen molar-refractivity contribution < 1.29 is 0 Å². The lowest BCUT2D eigenvalue weighted by Crippen LogP contribution is -2.62. The summed E-state index contributed by atoms with van der Waals surface area (Å²) in [5.74, 6) is 3.31. The number of aromatic nitrogens is 5. The quantitative estimate of drug-likeness (QED) is 0.593. The van der Waals surface area contributed by atoms with Crippen molar-refractivity contribution in [2.45, 2.75) is 50.2 Å². The molecule has 2 aliphatic carbocycles. The number of anilines is 1. The van der Waals surface area contributed by atoms with E-state index in [1.165, 1.54) is 0 Å². The Morgan fingerprint density at radius 3 is 2.67 bits per heavy atom. The van der Waals surface area contributed by atoms with Crippen LogP contribution in [0, 0.1) is 16.7 Å². The lowest BCUT2D eigenvalue weighted by molar-refractivity contribution is 0.0581. The summed E-state index contributed by atoms with van der Waals surface area (Å²) in [6.07, 6.45) is 9.34. The molecular formula is C24H23ClN8. The van der Waals surface area contributed by atoms with Crippen LogP contribution in [0.3, 0.4) is 0 Å². The van der Waals surface area contributed by atoms with Gasteiger partial charge in [0.2, 0.25) is 0 Å². The first-order chi connectivity index (χ1) is 16.1. The average molecular weight is 459 g/mol. The highest BCUT2D eigenvalue weighted by atomic mass is 35.5. The molecule has 0 bridgehead atoms. The molecule has 33 heavy (non-hydrogen) atoms. The average Bonchev–Trinajstić information content (AvgIpc) is 3.50. The minimum atomic E-state index is -0.378. The fourth-order valence-corrected chi connectivity index (χ4v) is 6.21. The summed E-state index contributed by atoms with van der Waals surface area (Å²) in [5, 5.41) is 19.8. The van der Waals surface area contributed by atoms with Crippen LogP contribution in [0.25, 0.3) is 5.69 Å². The van der Waals surface area contributed by atoms with Gasteiger partial charge in [0, 0.05) is 48.4 Å². The van der Waals surface area contributed by atoms with E-state index in [-0.39, 0.29) is 5.54 Å². The van der Waals surface area contributed by atoms with Gasteiger partial charge in [-0.1, -0.05) is 11.6 Å². The van der Waals surface area contributed by atoms with Crippen molar-refractivity contribution in [1.82, 2.24) is 29.6 Å². The Hall–Kier alpha value is -3.02. The number of rotatable bonds is 3. The summed E-state index contributed by atoms with van der Waals surface area (Å²) in [5.41, 5.74) is 2.20. The van der Waals surface area contributed by atoms with Crippen molar-refractivity contribution in [2.24, 2.45) is 5.41 Å². The Kier molecular flexibility index (Phi) is 3.98. The summed E-state index contributed by atoms with van der Waals surface area (Å²) in [6.45, 7) is 3.38. The number of hydrogen-bond donors (Lipinski definition) is 0. The zero-order chi connectivity index (χ0) is 22.2. The van der Waals surface area contributed by atoms with Crippen molar-refractivity contribution in [1.29, 1.82) is 5.26 Å². The van der Waals surface area contributed by atoms with Gasteiger partial charge < -0.3 is 4.90 Å². The van der Waals surface area contributed by atoms with Crippen molar-refractivity contribution in [3.05, 3.63) is 59.0 Å². The van der Waals surface area contributed by atoms with Crippen molar-refractivity contribution in [3.8, 4) is 11.8 Å². The van der Waals surface area contributed by atoms with Crippen LogP contribution in [-0.2, 0) is 13.1 Å². The van der Waals surface area contributed by atoms with Gasteiger partial charge in [-0.2, -0.15) is 5.26 Å². The van der Waals surface area contributed by atoms with E-state index in [1.54, 1.807) is 12.4 Å². The topological polar surface area (TPSA) is 86.8 Å². The molecule has 1 saturated heterocycles. The highest BCUT2D eigenvalue weighted by Gasteiger charge is 2.55. The molecule has 0 radical (unpaired) electrons. The summed E-state index contributed by atoms with van der Waals surface area (Å²) in [4.78, 5) is 13.2. The molecule has 0 N–H and O–H groups in total. The molecule has 2 aliphatic heterocycles. The maximum absolute atomic E-state index is 9.81. The number of hydrogen-bond acceptors (Lipinski definition) is 7. The monoisotopic (exact) mass is 458 g/mol. The Bertz CT molecular complexity index is 1280. The Balaban J connectivity index is 1.17. The molecule has 166 valence electrons. The molecule has 0 unspecified atom stereocenters. The summed E-state index contributed by atoms with van der Waals surface area (Å²) in [6, 6.07) is 8.59. The van der Waals surface area contributed by atoms with Gasteiger partial charge in [-0.3, -0.25) is 14.5 Å². The smallest absolute Gasteiger partial charge is 0.151 e. The van der Waals surface area contributed by atoms with Gasteiger partial charge in [0.1, 0.15) is 17.2 Å². The van der Waals surface area contributed by atoms with E-state index in [1.807, 2.05) is 18.3 Å². The van der Waals surface area contributed by atoms with E-state index in [0.717, 1.165) is 72.5 Å². The second-order valence-electron chi connectivity index (χ2n) is 10.1. The molecule has 3 aromatic rings. The Morgan fingerprint density at radius 1 is 1.09 bits per heavy atom. The maximum Gasteiger partial charge on any atom is 0.151 e. The molecule has 4 aliphatic rings. The molecule has 0 amide bonds. The van der Waals surface area contributed by atoms with Gasteiger partial charge in [-0.05, 0) is 49.4 Å². The zero-order valence-corrected chi connectivity index (χ0v) is 18.9. The highest BCUT2D eigenvalue weighted by Crippen LogP contribution is 2.56. The fraction of sp³-hybridized carbons (Fsp3) is 0.458. The Morgan fingerprint density at radius 2 is 1.94 bits per heavy atom. The third-order valence-electron chi connectivity index (χ3n) is 7.92. The van der Waals surface area contributed by atoms with Crippen molar-refractivity contribution in [3.63, 3.8) is 0 Å². The third-order valence-corrected chi connectivity index (χ3v) is 8.15. The number of nitrogens with zero attached hydrogens (tertiary/aromatic N) is 8. The van der Waals surface area contributed by atoms with Gasteiger partial charge in [0.05, 0.1) is 24.5 Å². The van der Waals surface area contributed by atoms with E-state index in [9.17, 15) is 5.26 Å². The second-order valence-corrected chi connectivity index (χ2v) is 10.5. The minimum Gasteiger partial charge on any atom is -0.354 e. The molecule has 0 atom stereocenters. The summed E-state index contributed by atoms with van der Waals surface area (Å²) >= 11 is 6.37. The van der Waals surface area contributed by atoms with Crippen molar-refractivity contribution >= 4 is 17.4 Å². The standard InChI is InChI=1S/C24H23ClN8/c25-18-1-2-19-16(7-18)11-32(24(13-26)3-4-24)12-21-29-30-22(33(19)21)17-8-23(9-17)14-31(15-23)20-10-27-5-6-28-20/h1-2,5-7,10,17H,3-4,8-9,11-12,14-15H2. The van der Waals surface area contributed by atoms with Crippen molar-refractivity contribution in [2.75, 3.05) is 18.0 Å². The molecule has 2 saturated carbocycles. The molecule has 7 rings (SSSR count). The normalized spacial score (nSPS) is 22.5. The van der Waals surface area contributed by atoms with Crippen LogP contribution in [0.2, 0.25) is 5.02 Å². The SMILES string of the molecule is N#CC1(N2Cc3cc(Cl)ccc3-n3c(nnc3C3CC4(C3)CN(c3cnccn3)C4)C2)CC1. The van der Waals surface area contributed by atoms with E-state index >= 15 is 0 Å². The summed E-state index contributed by atoms with van der Waals surface area (Å²) < 4.78 is 2.25. The van der Waals surface area contributed by atoms with Crippen LogP contribution in [0.5, 0.6) is 0 Å². The van der Waals surface area contributed by atoms with Crippen LogP contribution in [0.15, 0.2) is 36.8 Å². The predicted molar refractivity (Wildman–Crippen MR) is 122 cm³/mol. The van der Waals surface area contributed by atoms with E-state index in [0.29, 0.717) is 24.4 Å². The van der Waals surface area contributed by atoms with Gasteiger partial charge in [-0.15, -0.1) is 10.2 Å². The maximum atomic E-state index is 9.81. The first kappa shape index (κ1) is 19.4. The van der Waals surface area contributed by atoms with E-state index in [4.69, 9.17) is 11.6 Å². The van der Waals surface area contributed by atoms with Gasteiger partial charge in [-0.25, -0.2) is 4.98 Å². The molecule has 1 spiro atoms. The lowest BCUT2D eigenvalue weighted by Gasteiger charge is -2.59. The molecule has 8 nitrogen and oxygen atoms in total. The van der Waals surface area contributed by atoms with E-state index < -0.39 is 0 Å². The molecule has 9 heteroatoms. The number of halogens is 1. The zero-order valence-electron chi connectivity index (χ0n) is 18.2. The van der Waals surface area contributed by atoms with Crippen LogP contribution in [0.4, 0.5) is 5.82 Å². The van der Waals surface area contributed by atoms with E-state index in [2.05, 4.69) is 46.7 Å². The molecular weight excluding hydrogens is 436 g/mol. The number of nitriles is 1. The number of fused-ring (bicyclic) bond motifs is 3. The first-order valence-electron chi connectivity index (χ1n) is 11.5.